The molecule has 0 aromatic heterocycles. The van der Waals surface area contributed by atoms with Crippen LogP contribution >= 0.6 is 11.6 Å². The summed E-state index contributed by atoms with van der Waals surface area (Å²) in [7, 11) is 4.13. The molecule has 0 aliphatic carbocycles. The molecular formula is C25H52ClN. The van der Waals surface area contributed by atoms with Crippen molar-refractivity contribution in [3.8, 4) is 0 Å². The Labute approximate surface area is 178 Å². The second-order valence-corrected chi connectivity index (χ2v) is 9.41. The fourth-order valence-corrected chi connectivity index (χ4v) is 3.98. The van der Waals surface area contributed by atoms with Gasteiger partial charge < -0.3 is 0 Å². The molecule has 0 amide bonds. The number of hydrogen-bond acceptors (Lipinski definition) is 1. The molecule has 0 rings (SSSR count). The van der Waals surface area contributed by atoms with E-state index in [-0.39, 0.29) is 5.50 Å². The first-order chi connectivity index (χ1) is 13.2. The Hall–Kier alpha value is 0.250. The van der Waals surface area contributed by atoms with Gasteiger partial charge in [0.15, 0.2) is 0 Å². The SMILES string of the molecule is CCCCCCCCCCCCCCCCCCCCCCC(Cl)N(C)C. The molecule has 0 fully saturated rings. The van der Waals surface area contributed by atoms with Crippen LogP contribution in [0.2, 0.25) is 0 Å². The second kappa shape index (κ2) is 22.5. The number of halogens is 1. The maximum absolute atomic E-state index is 6.23. The molecule has 0 heterocycles. The molecule has 0 saturated heterocycles. The molecule has 0 radical (unpaired) electrons. The zero-order valence-corrected chi connectivity index (χ0v) is 20.0. The highest BCUT2D eigenvalue weighted by atomic mass is 35.5. The van der Waals surface area contributed by atoms with Gasteiger partial charge in [-0.1, -0.05) is 135 Å². The molecule has 0 bridgehead atoms. The molecule has 27 heavy (non-hydrogen) atoms. The third-order valence-electron chi connectivity index (χ3n) is 5.86. The number of unbranched alkanes of at least 4 members (excludes halogenated alkanes) is 19. The number of alkyl halides is 1. The molecular weight excluding hydrogens is 350 g/mol. The first-order valence-corrected chi connectivity index (χ1v) is 12.9. The number of rotatable bonds is 22. The van der Waals surface area contributed by atoms with Crippen LogP contribution in [0.3, 0.4) is 0 Å². The lowest BCUT2D eigenvalue weighted by atomic mass is 10.0. The van der Waals surface area contributed by atoms with Gasteiger partial charge in [0, 0.05) is 0 Å². The Kier molecular flexibility index (Phi) is 22.7. The summed E-state index contributed by atoms with van der Waals surface area (Å²) in [6, 6.07) is 0. The van der Waals surface area contributed by atoms with Crippen molar-refractivity contribution in [1.82, 2.24) is 4.90 Å². The lowest BCUT2D eigenvalue weighted by molar-refractivity contribution is 0.351. The Morgan fingerprint density at radius 3 is 1.00 bits per heavy atom. The monoisotopic (exact) mass is 401 g/mol. The molecule has 1 nitrogen and oxygen atoms in total. The van der Waals surface area contributed by atoms with Gasteiger partial charge in [0.2, 0.25) is 0 Å². The maximum Gasteiger partial charge on any atom is 0.0845 e. The van der Waals surface area contributed by atoms with E-state index < -0.39 is 0 Å². The van der Waals surface area contributed by atoms with E-state index in [9.17, 15) is 0 Å². The van der Waals surface area contributed by atoms with Crippen LogP contribution in [0.25, 0.3) is 0 Å². The molecule has 0 saturated carbocycles. The minimum absolute atomic E-state index is 0.223. The predicted octanol–water partition coefficient (Wildman–Crippen LogP) is 9.32. The van der Waals surface area contributed by atoms with E-state index in [0.717, 1.165) is 6.42 Å². The molecule has 164 valence electrons. The molecule has 2 heteroatoms. The summed E-state index contributed by atoms with van der Waals surface area (Å²) in [6.45, 7) is 2.30. The van der Waals surface area contributed by atoms with E-state index in [1.54, 1.807) is 0 Å². The van der Waals surface area contributed by atoms with Gasteiger partial charge in [-0.25, -0.2) is 0 Å². The van der Waals surface area contributed by atoms with Crippen LogP contribution in [-0.4, -0.2) is 24.5 Å². The molecule has 0 aromatic rings. The highest BCUT2D eigenvalue weighted by Crippen LogP contribution is 2.16. The molecule has 0 spiro atoms. The van der Waals surface area contributed by atoms with Gasteiger partial charge in [0.1, 0.15) is 0 Å². The van der Waals surface area contributed by atoms with Crippen LogP contribution < -0.4 is 0 Å². The molecule has 0 aromatic carbocycles. The van der Waals surface area contributed by atoms with Crippen LogP contribution in [0.1, 0.15) is 142 Å². The Morgan fingerprint density at radius 2 is 0.741 bits per heavy atom. The quantitative estimate of drug-likeness (QED) is 0.0991. The Balaban J connectivity index is 3.03. The van der Waals surface area contributed by atoms with Crippen molar-refractivity contribution >= 4 is 11.6 Å². The van der Waals surface area contributed by atoms with Gasteiger partial charge in [-0.15, -0.1) is 11.6 Å². The summed E-state index contributed by atoms with van der Waals surface area (Å²) >= 11 is 6.23. The second-order valence-electron chi connectivity index (χ2n) is 8.90. The van der Waals surface area contributed by atoms with E-state index in [1.807, 2.05) is 0 Å². The van der Waals surface area contributed by atoms with Crippen molar-refractivity contribution in [2.45, 2.75) is 147 Å². The molecule has 0 aliphatic heterocycles. The van der Waals surface area contributed by atoms with E-state index in [4.69, 9.17) is 11.6 Å². The van der Waals surface area contributed by atoms with Crippen molar-refractivity contribution in [1.29, 1.82) is 0 Å². The molecule has 0 N–H and O–H groups in total. The lowest BCUT2D eigenvalue weighted by Crippen LogP contribution is -2.21. The number of hydrogen-bond donors (Lipinski definition) is 0. The summed E-state index contributed by atoms with van der Waals surface area (Å²) in [6.07, 6.45) is 30.0. The van der Waals surface area contributed by atoms with Crippen molar-refractivity contribution in [3.63, 3.8) is 0 Å². The van der Waals surface area contributed by atoms with Gasteiger partial charge in [0.25, 0.3) is 0 Å². The van der Waals surface area contributed by atoms with E-state index in [1.165, 1.54) is 128 Å². The third kappa shape index (κ3) is 22.4. The topological polar surface area (TPSA) is 3.24 Å². The average Bonchev–Trinajstić information content (AvgIpc) is 2.66. The van der Waals surface area contributed by atoms with Gasteiger partial charge in [-0.2, -0.15) is 0 Å². The first kappa shape index (κ1) is 27.2. The summed E-state index contributed by atoms with van der Waals surface area (Å²) in [5, 5.41) is 0. The summed E-state index contributed by atoms with van der Waals surface area (Å²) in [5.74, 6) is 0. The summed E-state index contributed by atoms with van der Waals surface area (Å²) < 4.78 is 0. The van der Waals surface area contributed by atoms with Crippen LogP contribution in [0.5, 0.6) is 0 Å². The lowest BCUT2D eigenvalue weighted by Gasteiger charge is -2.16. The Morgan fingerprint density at radius 1 is 0.481 bits per heavy atom. The smallest absolute Gasteiger partial charge is 0.0845 e. The minimum Gasteiger partial charge on any atom is -0.294 e. The first-order valence-electron chi connectivity index (χ1n) is 12.5. The molecule has 1 atom stereocenters. The van der Waals surface area contributed by atoms with Crippen LogP contribution in [0.15, 0.2) is 0 Å². The molecule has 0 aliphatic rings. The van der Waals surface area contributed by atoms with Crippen molar-refractivity contribution in [3.05, 3.63) is 0 Å². The fraction of sp³-hybridized carbons (Fsp3) is 1.00. The highest BCUT2D eigenvalue weighted by Gasteiger charge is 2.05. The van der Waals surface area contributed by atoms with Gasteiger partial charge in [-0.3, -0.25) is 4.90 Å². The summed E-state index contributed by atoms with van der Waals surface area (Å²) in [5.41, 5.74) is 0.223. The van der Waals surface area contributed by atoms with Gasteiger partial charge in [0.05, 0.1) is 5.50 Å². The molecule has 1 unspecified atom stereocenters. The predicted molar refractivity (Wildman–Crippen MR) is 126 cm³/mol. The van der Waals surface area contributed by atoms with E-state index >= 15 is 0 Å². The third-order valence-corrected chi connectivity index (χ3v) is 6.46. The van der Waals surface area contributed by atoms with E-state index in [0.29, 0.717) is 0 Å². The van der Waals surface area contributed by atoms with E-state index in [2.05, 4.69) is 25.9 Å². The van der Waals surface area contributed by atoms with Crippen LogP contribution in [-0.2, 0) is 0 Å². The van der Waals surface area contributed by atoms with Gasteiger partial charge in [-0.05, 0) is 20.5 Å². The Bertz CT molecular complexity index is 267. The zero-order chi connectivity index (χ0) is 20.0. The van der Waals surface area contributed by atoms with Crippen molar-refractivity contribution < 1.29 is 0 Å². The highest BCUT2D eigenvalue weighted by molar-refractivity contribution is 6.20. The summed E-state index contributed by atoms with van der Waals surface area (Å²) in [4.78, 5) is 2.11. The minimum atomic E-state index is 0.223. The normalized spacial score (nSPS) is 12.8. The van der Waals surface area contributed by atoms with Gasteiger partial charge >= 0.3 is 0 Å². The maximum atomic E-state index is 6.23. The van der Waals surface area contributed by atoms with Crippen molar-refractivity contribution in [2.24, 2.45) is 0 Å². The van der Waals surface area contributed by atoms with Crippen LogP contribution in [0.4, 0.5) is 0 Å². The number of nitrogens with zero attached hydrogens (tertiary/aromatic N) is 1. The fourth-order valence-electron chi connectivity index (χ4n) is 3.83. The standard InChI is InChI=1S/C25H52ClN/c1-4-5-6-7-8-9-10-11-12-13-14-15-16-17-18-19-20-21-22-23-24-25(26)27(2)3/h25H,4-24H2,1-3H3. The largest absolute Gasteiger partial charge is 0.294 e. The van der Waals surface area contributed by atoms with Crippen LogP contribution in [0, 0.1) is 0 Å². The average molecular weight is 402 g/mol. The zero-order valence-electron chi connectivity index (χ0n) is 19.3. The van der Waals surface area contributed by atoms with Crippen molar-refractivity contribution in [2.75, 3.05) is 14.1 Å².